The van der Waals surface area contributed by atoms with E-state index in [1.807, 2.05) is 11.8 Å². The van der Waals surface area contributed by atoms with Crippen LogP contribution >= 0.6 is 0 Å². The molecule has 0 aromatic heterocycles. The fourth-order valence-electron chi connectivity index (χ4n) is 1.16. The number of carbonyl (C=O) groups is 1. The summed E-state index contributed by atoms with van der Waals surface area (Å²) in [7, 11) is 1.69. The van der Waals surface area contributed by atoms with E-state index in [0.29, 0.717) is 6.42 Å². The van der Waals surface area contributed by atoms with Crippen molar-refractivity contribution >= 4 is 5.91 Å². The highest BCUT2D eigenvalue weighted by Crippen LogP contribution is 2.12. The normalized spacial score (nSPS) is 18.2. The van der Waals surface area contributed by atoms with Crippen LogP contribution in [0.2, 0.25) is 0 Å². The standard InChI is InChI=1S/C8H15NO2/c1-3-4-8(10)9-5-7(6-9)11-2/h7H,3-6H2,1-2H3. The Hall–Kier alpha value is -0.570. The van der Waals surface area contributed by atoms with Gasteiger partial charge in [0, 0.05) is 26.6 Å². The molecular formula is C8H15NO2. The molecule has 0 unspecified atom stereocenters. The lowest BCUT2D eigenvalue weighted by Gasteiger charge is -2.38. The van der Waals surface area contributed by atoms with Gasteiger partial charge in [0.05, 0.1) is 6.10 Å². The van der Waals surface area contributed by atoms with Crippen LogP contribution in [0, 0.1) is 0 Å². The van der Waals surface area contributed by atoms with E-state index in [9.17, 15) is 4.79 Å². The zero-order valence-electron chi connectivity index (χ0n) is 7.17. The molecule has 0 aliphatic carbocycles. The average molecular weight is 157 g/mol. The Balaban J connectivity index is 2.16. The summed E-state index contributed by atoms with van der Waals surface area (Å²) in [6.45, 7) is 3.59. The lowest BCUT2D eigenvalue weighted by molar-refractivity contribution is -0.142. The number of hydrogen-bond acceptors (Lipinski definition) is 2. The van der Waals surface area contributed by atoms with Gasteiger partial charge >= 0.3 is 0 Å². The third kappa shape index (κ3) is 1.93. The van der Waals surface area contributed by atoms with E-state index in [2.05, 4.69) is 0 Å². The summed E-state index contributed by atoms with van der Waals surface area (Å²) in [6.07, 6.45) is 1.90. The Labute approximate surface area is 67.3 Å². The number of methoxy groups -OCH3 is 1. The second-order valence-corrected chi connectivity index (χ2v) is 2.91. The smallest absolute Gasteiger partial charge is 0.222 e. The van der Waals surface area contributed by atoms with Gasteiger partial charge in [-0.25, -0.2) is 0 Å². The SMILES string of the molecule is CCCC(=O)N1CC(OC)C1. The minimum absolute atomic E-state index is 0.265. The molecule has 0 aromatic carbocycles. The van der Waals surface area contributed by atoms with Crippen LogP contribution in [0.1, 0.15) is 19.8 Å². The highest BCUT2D eigenvalue weighted by molar-refractivity contribution is 5.77. The molecule has 3 heteroatoms. The van der Waals surface area contributed by atoms with Crippen LogP contribution in [0.5, 0.6) is 0 Å². The number of amides is 1. The first-order valence-corrected chi connectivity index (χ1v) is 4.08. The fraction of sp³-hybridized carbons (Fsp3) is 0.875. The Kier molecular flexibility index (Phi) is 2.88. The molecule has 11 heavy (non-hydrogen) atoms. The minimum atomic E-state index is 0.265. The Morgan fingerprint density at radius 3 is 2.73 bits per heavy atom. The highest BCUT2D eigenvalue weighted by atomic mass is 16.5. The van der Waals surface area contributed by atoms with Crippen LogP contribution in [0.4, 0.5) is 0 Å². The molecule has 1 fully saturated rings. The molecular weight excluding hydrogens is 142 g/mol. The van der Waals surface area contributed by atoms with Gasteiger partial charge in [-0.2, -0.15) is 0 Å². The second-order valence-electron chi connectivity index (χ2n) is 2.91. The average Bonchev–Trinajstić information content (AvgIpc) is 1.86. The molecule has 3 nitrogen and oxygen atoms in total. The van der Waals surface area contributed by atoms with E-state index in [-0.39, 0.29) is 12.0 Å². The predicted octanol–water partition coefficient (Wildman–Crippen LogP) is 0.644. The highest BCUT2D eigenvalue weighted by Gasteiger charge is 2.29. The topological polar surface area (TPSA) is 29.5 Å². The maximum atomic E-state index is 11.2. The summed E-state index contributed by atoms with van der Waals surface area (Å²) in [5.41, 5.74) is 0. The van der Waals surface area contributed by atoms with Gasteiger partial charge in [-0.05, 0) is 6.42 Å². The van der Waals surface area contributed by atoms with Crippen molar-refractivity contribution in [2.24, 2.45) is 0 Å². The number of carbonyl (C=O) groups excluding carboxylic acids is 1. The third-order valence-corrected chi connectivity index (χ3v) is 2.00. The molecule has 1 saturated heterocycles. The molecule has 1 aliphatic heterocycles. The Bertz CT molecular complexity index is 141. The number of rotatable bonds is 3. The van der Waals surface area contributed by atoms with Crippen LogP contribution < -0.4 is 0 Å². The zero-order chi connectivity index (χ0) is 8.27. The number of likely N-dealkylation sites (tertiary alicyclic amines) is 1. The van der Waals surface area contributed by atoms with Crippen molar-refractivity contribution < 1.29 is 9.53 Å². The van der Waals surface area contributed by atoms with Gasteiger partial charge < -0.3 is 9.64 Å². The minimum Gasteiger partial charge on any atom is -0.378 e. The third-order valence-electron chi connectivity index (χ3n) is 2.00. The summed E-state index contributed by atoms with van der Waals surface area (Å²) >= 11 is 0. The summed E-state index contributed by atoms with van der Waals surface area (Å²) in [6, 6.07) is 0. The quantitative estimate of drug-likeness (QED) is 0.601. The van der Waals surface area contributed by atoms with Crippen LogP contribution in [0.15, 0.2) is 0 Å². The predicted molar refractivity (Wildman–Crippen MR) is 42.3 cm³/mol. The van der Waals surface area contributed by atoms with Gasteiger partial charge in [-0.3, -0.25) is 4.79 Å². The lowest BCUT2D eigenvalue weighted by atomic mass is 10.1. The van der Waals surface area contributed by atoms with E-state index in [1.54, 1.807) is 7.11 Å². The molecule has 0 bridgehead atoms. The van der Waals surface area contributed by atoms with E-state index >= 15 is 0 Å². The van der Waals surface area contributed by atoms with E-state index in [4.69, 9.17) is 4.74 Å². The first-order chi connectivity index (χ1) is 5.27. The monoisotopic (exact) mass is 157 g/mol. The van der Waals surface area contributed by atoms with Gasteiger partial charge in [-0.1, -0.05) is 6.92 Å². The summed E-state index contributed by atoms with van der Waals surface area (Å²) in [5, 5.41) is 0. The zero-order valence-corrected chi connectivity index (χ0v) is 7.17. The molecule has 0 spiro atoms. The molecule has 1 rings (SSSR count). The number of nitrogens with zero attached hydrogens (tertiary/aromatic N) is 1. The molecule has 1 heterocycles. The van der Waals surface area contributed by atoms with Crippen molar-refractivity contribution in [3.63, 3.8) is 0 Å². The first-order valence-electron chi connectivity index (χ1n) is 4.08. The largest absolute Gasteiger partial charge is 0.378 e. The maximum Gasteiger partial charge on any atom is 0.222 e. The number of hydrogen-bond donors (Lipinski definition) is 0. The van der Waals surface area contributed by atoms with Crippen LogP contribution in [0.3, 0.4) is 0 Å². The van der Waals surface area contributed by atoms with Crippen molar-refractivity contribution in [2.45, 2.75) is 25.9 Å². The van der Waals surface area contributed by atoms with Gasteiger partial charge in [-0.15, -0.1) is 0 Å². The van der Waals surface area contributed by atoms with Crippen LogP contribution in [-0.2, 0) is 9.53 Å². The Morgan fingerprint density at radius 1 is 1.64 bits per heavy atom. The second kappa shape index (κ2) is 3.72. The molecule has 0 radical (unpaired) electrons. The van der Waals surface area contributed by atoms with E-state index in [0.717, 1.165) is 19.5 Å². The lowest BCUT2D eigenvalue weighted by Crippen LogP contribution is -2.54. The molecule has 0 N–H and O–H groups in total. The molecule has 1 aliphatic rings. The van der Waals surface area contributed by atoms with E-state index in [1.165, 1.54) is 0 Å². The van der Waals surface area contributed by atoms with Crippen molar-refractivity contribution in [1.29, 1.82) is 0 Å². The van der Waals surface area contributed by atoms with Crippen molar-refractivity contribution in [3.8, 4) is 0 Å². The van der Waals surface area contributed by atoms with Gasteiger partial charge in [0.1, 0.15) is 0 Å². The van der Waals surface area contributed by atoms with E-state index < -0.39 is 0 Å². The summed E-state index contributed by atoms with van der Waals surface area (Å²) in [5.74, 6) is 0.265. The summed E-state index contributed by atoms with van der Waals surface area (Å²) < 4.78 is 5.05. The van der Waals surface area contributed by atoms with Crippen molar-refractivity contribution in [3.05, 3.63) is 0 Å². The summed E-state index contributed by atoms with van der Waals surface area (Å²) in [4.78, 5) is 13.0. The van der Waals surface area contributed by atoms with Crippen molar-refractivity contribution in [2.75, 3.05) is 20.2 Å². The van der Waals surface area contributed by atoms with Crippen LogP contribution in [-0.4, -0.2) is 37.1 Å². The fourth-order valence-corrected chi connectivity index (χ4v) is 1.16. The molecule has 0 aromatic rings. The van der Waals surface area contributed by atoms with Gasteiger partial charge in [0.25, 0.3) is 0 Å². The Morgan fingerprint density at radius 2 is 2.27 bits per heavy atom. The van der Waals surface area contributed by atoms with Crippen molar-refractivity contribution in [1.82, 2.24) is 4.90 Å². The maximum absolute atomic E-state index is 11.2. The van der Waals surface area contributed by atoms with Crippen LogP contribution in [0.25, 0.3) is 0 Å². The molecule has 0 saturated carbocycles. The molecule has 1 amide bonds. The van der Waals surface area contributed by atoms with Gasteiger partial charge in [0.15, 0.2) is 0 Å². The molecule has 64 valence electrons. The number of ether oxygens (including phenoxy) is 1. The van der Waals surface area contributed by atoms with Gasteiger partial charge in [0.2, 0.25) is 5.91 Å². The molecule has 0 atom stereocenters. The first kappa shape index (κ1) is 8.53.